The standard InChI is InChI=1S/C35H38N2O4/c1-6-8-13-34(26(3)4)38-24-36-28-14-18-30(19-15-28)40-32-11-9-12-33(22-32)41-31-20-16-29(17-21-31)37-23-27(5)35(10-7-2)39-25-37/h7-22,36H,2,5-6,23-25H2,1,3-4H3/b13-8-,35-10+. The molecule has 0 aromatic heterocycles. The number of hydrogen-bond donors (Lipinski definition) is 1. The van der Waals surface area contributed by atoms with E-state index < -0.39 is 0 Å². The monoisotopic (exact) mass is 550 g/mol. The molecule has 0 radical (unpaired) electrons. The molecule has 3 aromatic carbocycles. The molecule has 3 aromatic rings. The third kappa shape index (κ3) is 8.57. The zero-order valence-corrected chi connectivity index (χ0v) is 24.1. The fraction of sp³-hybridized carbons (Fsp3) is 0.200. The summed E-state index contributed by atoms with van der Waals surface area (Å²) in [4.78, 5) is 2.11. The lowest BCUT2D eigenvalue weighted by Crippen LogP contribution is -2.33. The largest absolute Gasteiger partial charge is 0.473 e. The van der Waals surface area contributed by atoms with Gasteiger partial charge in [-0.3, -0.25) is 0 Å². The van der Waals surface area contributed by atoms with E-state index in [1.807, 2.05) is 98.8 Å². The minimum Gasteiger partial charge on any atom is -0.473 e. The van der Waals surface area contributed by atoms with Crippen LogP contribution in [0.25, 0.3) is 0 Å². The second-order valence-electron chi connectivity index (χ2n) is 9.68. The van der Waals surface area contributed by atoms with Crippen LogP contribution < -0.4 is 19.7 Å². The Balaban J connectivity index is 1.30. The molecular formula is C35H38N2O4. The van der Waals surface area contributed by atoms with Crippen LogP contribution in [0.1, 0.15) is 27.2 Å². The van der Waals surface area contributed by atoms with E-state index in [9.17, 15) is 0 Å². The Hall–Kier alpha value is -4.84. The maximum absolute atomic E-state index is 6.09. The summed E-state index contributed by atoms with van der Waals surface area (Å²) < 4.78 is 23.8. The highest BCUT2D eigenvalue weighted by Gasteiger charge is 2.18. The van der Waals surface area contributed by atoms with Crippen molar-refractivity contribution in [3.05, 3.63) is 133 Å². The Bertz CT molecular complexity index is 1420. The van der Waals surface area contributed by atoms with Gasteiger partial charge < -0.3 is 29.2 Å². The third-order valence-electron chi connectivity index (χ3n) is 6.21. The molecule has 0 atom stereocenters. The topological polar surface area (TPSA) is 52.2 Å². The van der Waals surface area contributed by atoms with Crippen LogP contribution in [0.4, 0.5) is 11.4 Å². The maximum atomic E-state index is 6.09. The molecule has 1 N–H and O–H groups in total. The number of allylic oxidation sites excluding steroid dienone is 5. The van der Waals surface area contributed by atoms with Gasteiger partial charge in [0.1, 0.15) is 34.5 Å². The second kappa shape index (κ2) is 14.5. The van der Waals surface area contributed by atoms with Crippen molar-refractivity contribution in [2.24, 2.45) is 0 Å². The van der Waals surface area contributed by atoms with Crippen molar-refractivity contribution in [2.75, 3.05) is 30.2 Å². The van der Waals surface area contributed by atoms with E-state index in [0.29, 0.717) is 31.5 Å². The Morgan fingerprint density at radius 1 is 0.951 bits per heavy atom. The molecule has 0 aliphatic carbocycles. The molecular weight excluding hydrogens is 512 g/mol. The van der Waals surface area contributed by atoms with E-state index in [4.69, 9.17) is 18.9 Å². The molecule has 1 aliphatic heterocycles. The van der Waals surface area contributed by atoms with Crippen LogP contribution in [0.15, 0.2) is 133 Å². The number of anilines is 2. The lowest BCUT2D eigenvalue weighted by molar-refractivity contribution is 0.202. The number of ether oxygens (including phenoxy) is 4. The summed E-state index contributed by atoms with van der Waals surface area (Å²) >= 11 is 0. The van der Waals surface area contributed by atoms with Crippen molar-refractivity contribution in [3.63, 3.8) is 0 Å². The van der Waals surface area contributed by atoms with Gasteiger partial charge in [0.2, 0.25) is 0 Å². The van der Waals surface area contributed by atoms with E-state index in [1.165, 1.54) is 0 Å². The summed E-state index contributed by atoms with van der Waals surface area (Å²) in [6, 6.07) is 23.3. The normalized spacial score (nSPS) is 14.0. The minimum atomic E-state index is 0.379. The molecule has 4 rings (SSSR count). The zero-order chi connectivity index (χ0) is 29.0. The summed E-state index contributed by atoms with van der Waals surface area (Å²) in [5.41, 5.74) is 4.03. The van der Waals surface area contributed by atoms with Crippen molar-refractivity contribution in [3.8, 4) is 23.0 Å². The van der Waals surface area contributed by atoms with E-state index in [0.717, 1.165) is 52.0 Å². The third-order valence-corrected chi connectivity index (χ3v) is 6.21. The molecule has 1 aliphatic rings. The van der Waals surface area contributed by atoms with E-state index >= 15 is 0 Å². The van der Waals surface area contributed by atoms with Gasteiger partial charge in [0.05, 0.1) is 0 Å². The molecule has 6 heteroatoms. The first kappa shape index (κ1) is 29.2. The predicted molar refractivity (Wildman–Crippen MR) is 168 cm³/mol. The molecule has 6 nitrogen and oxygen atoms in total. The predicted octanol–water partition coefficient (Wildman–Crippen LogP) is 9.34. The minimum absolute atomic E-state index is 0.379. The van der Waals surface area contributed by atoms with E-state index in [-0.39, 0.29) is 0 Å². The first-order valence-corrected chi connectivity index (χ1v) is 13.7. The molecule has 0 unspecified atom stereocenters. The molecule has 41 heavy (non-hydrogen) atoms. The first-order valence-electron chi connectivity index (χ1n) is 13.7. The van der Waals surface area contributed by atoms with Gasteiger partial charge in [-0.05, 0) is 98.7 Å². The van der Waals surface area contributed by atoms with Crippen molar-refractivity contribution < 1.29 is 18.9 Å². The quantitative estimate of drug-likeness (QED) is 0.138. The fourth-order valence-corrected chi connectivity index (χ4v) is 4.06. The van der Waals surface area contributed by atoms with Gasteiger partial charge in [-0.15, -0.1) is 0 Å². The molecule has 0 bridgehead atoms. The van der Waals surface area contributed by atoms with Crippen LogP contribution in [0.3, 0.4) is 0 Å². The van der Waals surface area contributed by atoms with Crippen LogP contribution in [0.5, 0.6) is 23.0 Å². The lowest BCUT2D eigenvalue weighted by atomic mass is 10.2. The average molecular weight is 551 g/mol. The Morgan fingerprint density at radius 3 is 2.20 bits per heavy atom. The lowest BCUT2D eigenvalue weighted by Gasteiger charge is -2.32. The molecule has 212 valence electrons. The molecule has 0 amide bonds. The van der Waals surface area contributed by atoms with Gasteiger partial charge in [0.25, 0.3) is 0 Å². The summed E-state index contributed by atoms with van der Waals surface area (Å²) in [6.07, 6.45) is 8.63. The number of hydrogen-bond acceptors (Lipinski definition) is 6. The van der Waals surface area contributed by atoms with Crippen LogP contribution in [0.2, 0.25) is 0 Å². The molecule has 1 heterocycles. The molecule has 1 saturated heterocycles. The zero-order valence-electron chi connectivity index (χ0n) is 24.1. The number of nitrogens with one attached hydrogen (secondary N) is 1. The van der Waals surface area contributed by atoms with Crippen molar-refractivity contribution in [2.45, 2.75) is 27.2 Å². The SMILES string of the molecule is C=C/C=C1/OCN(c2ccc(Oc3cccc(Oc4ccc(NCOC(/C=C\CC)=C(C)C)cc4)c3)cc2)CC1=C. The highest BCUT2D eigenvalue weighted by Crippen LogP contribution is 2.31. The van der Waals surface area contributed by atoms with Gasteiger partial charge in [0, 0.05) is 29.6 Å². The average Bonchev–Trinajstić information content (AvgIpc) is 2.97. The van der Waals surface area contributed by atoms with Crippen LogP contribution in [-0.2, 0) is 9.47 Å². The van der Waals surface area contributed by atoms with Gasteiger partial charge in [-0.1, -0.05) is 38.3 Å². The Labute approximate surface area is 243 Å². The molecule has 0 saturated carbocycles. The van der Waals surface area contributed by atoms with Gasteiger partial charge in [-0.25, -0.2) is 0 Å². The fourth-order valence-electron chi connectivity index (χ4n) is 4.06. The van der Waals surface area contributed by atoms with Gasteiger partial charge >= 0.3 is 0 Å². The summed E-state index contributed by atoms with van der Waals surface area (Å²) in [5.74, 6) is 4.50. The summed E-state index contributed by atoms with van der Waals surface area (Å²) in [7, 11) is 0. The van der Waals surface area contributed by atoms with Gasteiger partial charge in [0.15, 0.2) is 13.5 Å². The van der Waals surface area contributed by atoms with Crippen molar-refractivity contribution >= 4 is 11.4 Å². The summed E-state index contributed by atoms with van der Waals surface area (Å²) in [6.45, 7) is 15.5. The second-order valence-corrected chi connectivity index (χ2v) is 9.68. The Morgan fingerprint density at radius 2 is 1.61 bits per heavy atom. The number of nitrogens with zero attached hydrogens (tertiary/aromatic N) is 1. The van der Waals surface area contributed by atoms with Crippen molar-refractivity contribution in [1.29, 1.82) is 0 Å². The Kier molecular flexibility index (Phi) is 10.3. The highest BCUT2D eigenvalue weighted by atomic mass is 16.5. The number of benzene rings is 3. The van der Waals surface area contributed by atoms with E-state index in [1.54, 1.807) is 6.08 Å². The highest BCUT2D eigenvalue weighted by molar-refractivity contribution is 5.53. The molecule has 0 spiro atoms. The van der Waals surface area contributed by atoms with Crippen LogP contribution in [-0.4, -0.2) is 20.0 Å². The van der Waals surface area contributed by atoms with E-state index in [2.05, 4.69) is 36.4 Å². The van der Waals surface area contributed by atoms with Gasteiger partial charge in [-0.2, -0.15) is 0 Å². The number of rotatable bonds is 12. The smallest absolute Gasteiger partial charge is 0.161 e. The summed E-state index contributed by atoms with van der Waals surface area (Å²) in [5, 5.41) is 3.28. The van der Waals surface area contributed by atoms with Crippen molar-refractivity contribution in [1.82, 2.24) is 0 Å². The van der Waals surface area contributed by atoms with Crippen LogP contribution in [0, 0.1) is 0 Å². The first-order chi connectivity index (χ1) is 19.9. The maximum Gasteiger partial charge on any atom is 0.161 e. The van der Waals surface area contributed by atoms with Crippen LogP contribution >= 0.6 is 0 Å². The molecule has 1 fully saturated rings.